The molecule has 1 atom stereocenters. The van der Waals surface area contributed by atoms with E-state index in [1.807, 2.05) is 42.5 Å². The van der Waals surface area contributed by atoms with Crippen LogP contribution in [0, 0.1) is 0 Å². The number of halogens is 1. The molecule has 192 valence electrons. The van der Waals surface area contributed by atoms with Crippen molar-refractivity contribution in [3.63, 3.8) is 0 Å². The van der Waals surface area contributed by atoms with E-state index in [1.54, 1.807) is 11.0 Å². The van der Waals surface area contributed by atoms with Gasteiger partial charge < -0.3 is 25.1 Å². The third kappa shape index (κ3) is 6.69. The number of benzene rings is 2. The number of para-hydroxylation sites is 2. The fourth-order valence-corrected chi connectivity index (χ4v) is 4.48. The first-order valence-corrected chi connectivity index (χ1v) is 12.9. The molecule has 0 radical (unpaired) electrons. The number of hydrogen-bond donors (Lipinski definition) is 2. The van der Waals surface area contributed by atoms with Crippen LogP contribution in [-0.4, -0.2) is 54.8 Å². The van der Waals surface area contributed by atoms with E-state index in [1.165, 1.54) is 0 Å². The van der Waals surface area contributed by atoms with Crippen LogP contribution in [0.15, 0.2) is 53.6 Å². The fraction of sp³-hybridized carbons (Fsp3) is 0.444. The molecule has 1 fully saturated rings. The van der Waals surface area contributed by atoms with Crippen molar-refractivity contribution in [3.8, 4) is 11.5 Å². The highest BCUT2D eigenvalue weighted by molar-refractivity contribution is 6.39. The minimum Gasteiger partial charge on any atom is -0.493 e. The number of unbranched alkanes of at least 4 members (excludes halogenated alkanes) is 1. The van der Waals surface area contributed by atoms with Crippen LogP contribution < -0.4 is 20.2 Å². The Balaban J connectivity index is 1.21. The van der Waals surface area contributed by atoms with Gasteiger partial charge in [-0.15, -0.1) is 0 Å². The molecule has 2 N–H and O–H groups in total. The van der Waals surface area contributed by atoms with Crippen molar-refractivity contribution < 1.29 is 19.1 Å². The summed E-state index contributed by atoms with van der Waals surface area (Å²) < 4.78 is 11.9. The Morgan fingerprint density at radius 3 is 2.58 bits per heavy atom. The van der Waals surface area contributed by atoms with Crippen molar-refractivity contribution in [1.82, 2.24) is 15.6 Å². The van der Waals surface area contributed by atoms with Crippen molar-refractivity contribution in [3.05, 3.63) is 59.1 Å². The monoisotopic (exact) mass is 512 g/mol. The number of hydrogen-bond acceptors (Lipinski definition) is 6. The van der Waals surface area contributed by atoms with E-state index in [-0.39, 0.29) is 30.5 Å². The van der Waals surface area contributed by atoms with Crippen molar-refractivity contribution in [2.75, 3.05) is 26.2 Å². The summed E-state index contributed by atoms with van der Waals surface area (Å²) >= 11 is 6.17. The van der Waals surface area contributed by atoms with E-state index < -0.39 is 0 Å². The molecule has 8 nitrogen and oxygen atoms in total. The second kappa shape index (κ2) is 12.6. The first-order valence-electron chi connectivity index (χ1n) is 12.6. The summed E-state index contributed by atoms with van der Waals surface area (Å²) in [5.74, 6) is 1.02. The molecule has 9 heteroatoms. The lowest BCUT2D eigenvalue weighted by molar-refractivity contribution is -0.133. The molecule has 1 saturated heterocycles. The smallest absolute Gasteiger partial charge is 0.267 e. The molecule has 4 rings (SSSR count). The van der Waals surface area contributed by atoms with Crippen LogP contribution in [0.2, 0.25) is 5.02 Å². The van der Waals surface area contributed by atoms with Crippen LogP contribution in [0.1, 0.15) is 50.6 Å². The van der Waals surface area contributed by atoms with Crippen molar-refractivity contribution >= 4 is 29.1 Å². The first-order chi connectivity index (χ1) is 17.5. The first kappa shape index (κ1) is 25.8. The number of likely N-dealkylation sites (tertiary alicyclic amines) is 1. The second-order valence-electron chi connectivity index (χ2n) is 9.00. The number of amides is 2. The maximum absolute atomic E-state index is 12.7. The predicted octanol–water partition coefficient (Wildman–Crippen LogP) is 4.10. The molecule has 0 aliphatic carbocycles. The molecule has 0 spiro atoms. The standard InChI is InChI=1S/C27H33ClN4O4/c1-2-3-16-35-24-10-6-4-8-20(24)22-17-23(31-30-22)27(34)29-18-26(33)32-14-12-19(13-15-32)36-25-11-7-5-9-21(25)28/h4-11,19,22,30H,2-3,12-18H2,1H3,(H,29,34). The second-order valence-corrected chi connectivity index (χ2v) is 9.40. The van der Waals surface area contributed by atoms with Gasteiger partial charge in [0.25, 0.3) is 5.91 Å². The lowest BCUT2D eigenvalue weighted by Gasteiger charge is -2.32. The molecule has 0 aromatic heterocycles. The highest BCUT2D eigenvalue weighted by Gasteiger charge is 2.28. The average Bonchev–Trinajstić information content (AvgIpc) is 3.40. The lowest BCUT2D eigenvalue weighted by Crippen LogP contribution is -2.46. The average molecular weight is 513 g/mol. The number of carbonyl (C=O) groups is 2. The van der Waals surface area contributed by atoms with Gasteiger partial charge in [-0.1, -0.05) is 55.3 Å². The summed E-state index contributed by atoms with van der Waals surface area (Å²) in [6, 6.07) is 15.0. The summed E-state index contributed by atoms with van der Waals surface area (Å²) in [6.07, 6.45) is 3.90. The quantitative estimate of drug-likeness (QED) is 0.468. The number of hydrazone groups is 1. The Morgan fingerprint density at radius 2 is 1.83 bits per heavy atom. The Morgan fingerprint density at radius 1 is 1.11 bits per heavy atom. The van der Waals surface area contributed by atoms with E-state index in [0.717, 1.165) is 24.2 Å². The summed E-state index contributed by atoms with van der Waals surface area (Å²) in [5.41, 5.74) is 4.39. The van der Waals surface area contributed by atoms with Crippen molar-refractivity contribution in [1.29, 1.82) is 0 Å². The van der Waals surface area contributed by atoms with Crippen LogP contribution in [0.25, 0.3) is 0 Å². The van der Waals surface area contributed by atoms with Crippen LogP contribution in [0.4, 0.5) is 0 Å². The molecular weight excluding hydrogens is 480 g/mol. The van der Waals surface area contributed by atoms with Gasteiger partial charge in [0, 0.05) is 37.9 Å². The number of nitrogens with one attached hydrogen (secondary N) is 2. The summed E-state index contributed by atoms with van der Waals surface area (Å²) in [5, 5.41) is 7.53. The molecule has 1 unspecified atom stereocenters. The van der Waals surface area contributed by atoms with Crippen molar-refractivity contribution in [2.45, 2.75) is 51.2 Å². The van der Waals surface area contributed by atoms with Crippen LogP contribution in [0.3, 0.4) is 0 Å². The largest absolute Gasteiger partial charge is 0.493 e. The number of rotatable bonds is 10. The molecule has 2 aromatic carbocycles. The summed E-state index contributed by atoms with van der Waals surface area (Å²) in [4.78, 5) is 27.1. The van der Waals surface area contributed by atoms with E-state index in [4.69, 9.17) is 21.1 Å². The van der Waals surface area contributed by atoms with E-state index >= 15 is 0 Å². The van der Waals surface area contributed by atoms with Gasteiger partial charge in [0.1, 0.15) is 23.3 Å². The van der Waals surface area contributed by atoms with Gasteiger partial charge in [-0.05, 0) is 24.6 Å². The molecule has 0 bridgehead atoms. The van der Waals surface area contributed by atoms with Gasteiger partial charge in [0.05, 0.1) is 24.2 Å². The number of carbonyl (C=O) groups excluding carboxylic acids is 2. The maximum atomic E-state index is 12.7. The molecular formula is C27H33ClN4O4. The lowest BCUT2D eigenvalue weighted by atomic mass is 10.0. The fourth-order valence-electron chi connectivity index (χ4n) is 4.30. The normalized spacial score (nSPS) is 17.8. The molecule has 2 amide bonds. The maximum Gasteiger partial charge on any atom is 0.267 e. The van der Waals surface area contributed by atoms with Crippen molar-refractivity contribution in [2.24, 2.45) is 5.10 Å². The van der Waals surface area contributed by atoms with E-state index in [9.17, 15) is 9.59 Å². The Hall–Kier alpha value is -3.26. The topological polar surface area (TPSA) is 92.3 Å². The zero-order valence-electron chi connectivity index (χ0n) is 20.5. The van der Waals surface area contributed by atoms with Crippen LogP contribution in [0.5, 0.6) is 11.5 Å². The molecule has 2 heterocycles. The third-order valence-corrected chi connectivity index (χ3v) is 6.70. The summed E-state index contributed by atoms with van der Waals surface area (Å²) in [6.45, 7) is 3.86. The Bertz CT molecular complexity index is 1080. The minimum absolute atomic E-state index is 0.00761. The van der Waals surface area contributed by atoms with Gasteiger partial charge in [-0.3, -0.25) is 9.59 Å². The predicted molar refractivity (Wildman–Crippen MR) is 139 cm³/mol. The zero-order valence-corrected chi connectivity index (χ0v) is 21.3. The highest BCUT2D eigenvalue weighted by Crippen LogP contribution is 2.30. The molecule has 2 aromatic rings. The van der Waals surface area contributed by atoms with Gasteiger partial charge in [0.15, 0.2) is 0 Å². The van der Waals surface area contributed by atoms with Gasteiger partial charge in [-0.2, -0.15) is 5.10 Å². The SMILES string of the molecule is CCCCOc1ccccc1C1CC(C(=O)NCC(=O)N2CCC(Oc3ccccc3Cl)CC2)=NN1. The molecule has 0 saturated carbocycles. The number of nitrogens with zero attached hydrogens (tertiary/aromatic N) is 2. The van der Waals surface area contributed by atoms with Crippen LogP contribution in [-0.2, 0) is 9.59 Å². The highest BCUT2D eigenvalue weighted by atomic mass is 35.5. The van der Waals surface area contributed by atoms with E-state index in [0.29, 0.717) is 55.4 Å². The van der Waals surface area contributed by atoms with Gasteiger partial charge >= 0.3 is 0 Å². The third-order valence-electron chi connectivity index (χ3n) is 6.39. The number of piperidine rings is 1. The van der Waals surface area contributed by atoms with Crippen LogP contribution >= 0.6 is 11.6 Å². The molecule has 36 heavy (non-hydrogen) atoms. The van der Waals surface area contributed by atoms with Gasteiger partial charge in [-0.25, -0.2) is 0 Å². The number of ether oxygens (including phenoxy) is 2. The van der Waals surface area contributed by atoms with E-state index in [2.05, 4.69) is 22.8 Å². The Labute approximate surface area is 217 Å². The van der Waals surface area contributed by atoms with Gasteiger partial charge in [0.2, 0.25) is 5.91 Å². The molecule has 2 aliphatic rings. The Kier molecular flexibility index (Phi) is 9.06. The minimum atomic E-state index is -0.334. The summed E-state index contributed by atoms with van der Waals surface area (Å²) in [7, 11) is 0. The molecule has 2 aliphatic heterocycles. The zero-order chi connectivity index (χ0) is 25.3.